The van der Waals surface area contributed by atoms with Crippen LogP contribution in [0.5, 0.6) is 0 Å². The van der Waals surface area contributed by atoms with E-state index in [0.717, 1.165) is 21.4 Å². The van der Waals surface area contributed by atoms with Gasteiger partial charge in [0.1, 0.15) is 5.01 Å². The smallest absolute Gasteiger partial charge is 0.205 e. The van der Waals surface area contributed by atoms with E-state index in [-0.39, 0.29) is 0 Å². The SMILES string of the molecule is Cc1nnc(NCc2cn[nH]c2-c2cccs2)s1. The van der Waals surface area contributed by atoms with E-state index in [2.05, 4.69) is 37.2 Å². The molecule has 5 nitrogen and oxygen atoms in total. The van der Waals surface area contributed by atoms with Crippen LogP contribution in [-0.4, -0.2) is 20.4 Å². The second kappa shape index (κ2) is 4.87. The summed E-state index contributed by atoms with van der Waals surface area (Å²) in [7, 11) is 0. The zero-order chi connectivity index (χ0) is 12.4. The maximum absolute atomic E-state index is 4.10. The molecule has 0 amide bonds. The van der Waals surface area contributed by atoms with Crippen LogP contribution in [-0.2, 0) is 6.54 Å². The van der Waals surface area contributed by atoms with Gasteiger partial charge < -0.3 is 5.32 Å². The van der Waals surface area contributed by atoms with Gasteiger partial charge in [-0.25, -0.2) is 0 Å². The summed E-state index contributed by atoms with van der Waals surface area (Å²) in [5.74, 6) is 0. The molecule has 3 rings (SSSR count). The molecule has 0 aliphatic carbocycles. The first kappa shape index (κ1) is 11.4. The number of H-pyrrole nitrogens is 1. The molecule has 0 aliphatic rings. The standard InChI is InChI=1S/C11H11N5S2/c1-7-14-16-11(18-7)12-5-8-6-13-15-10(8)9-3-2-4-17-9/h2-4,6H,5H2,1H3,(H,12,16)(H,13,15). The summed E-state index contributed by atoms with van der Waals surface area (Å²) in [6.07, 6.45) is 1.84. The Bertz CT molecular complexity index is 625. The van der Waals surface area contributed by atoms with E-state index < -0.39 is 0 Å². The Morgan fingerprint density at radius 2 is 2.33 bits per heavy atom. The van der Waals surface area contributed by atoms with Crippen LogP contribution >= 0.6 is 22.7 Å². The fourth-order valence-electron chi connectivity index (χ4n) is 1.62. The zero-order valence-corrected chi connectivity index (χ0v) is 11.3. The minimum absolute atomic E-state index is 0.693. The van der Waals surface area contributed by atoms with Crippen molar-refractivity contribution < 1.29 is 0 Å². The minimum Gasteiger partial charge on any atom is -0.356 e. The predicted octanol–water partition coefficient (Wildman–Crippen LogP) is 2.91. The van der Waals surface area contributed by atoms with Crippen molar-refractivity contribution in [1.82, 2.24) is 20.4 Å². The molecule has 0 saturated carbocycles. The van der Waals surface area contributed by atoms with Crippen molar-refractivity contribution in [2.45, 2.75) is 13.5 Å². The van der Waals surface area contributed by atoms with Crippen LogP contribution in [0.2, 0.25) is 0 Å². The van der Waals surface area contributed by atoms with E-state index in [0.29, 0.717) is 6.54 Å². The molecule has 0 spiro atoms. The van der Waals surface area contributed by atoms with Crippen molar-refractivity contribution in [1.29, 1.82) is 0 Å². The van der Waals surface area contributed by atoms with Crippen molar-refractivity contribution >= 4 is 27.8 Å². The first-order valence-corrected chi connectivity index (χ1v) is 7.12. The van der Waals surface area contributed by atoms with Gasteiger partial charge in [0.25, 0.3) is 0 Å². The number of hydrogen-bond donors (Lipinski definition) is 2. The molecule has 18 heavy (non-hydrogen) atoms. The summed E-state index contributed by atoms with van der Waals surface area (Å²) in [6, 6.07) is 4.11. The minimum atomic E-state index is 0.693. The molecule has 0 atom stereocenters. The highest BCUT2D eigenvalue weighted by molar-refractivity contribution is 7.15. The van der Waals surface area contributed by atoms with E-state index in [1.54, 1.807) is 22.7 Å². The normalized spacial score (nSPS) is 10.7. The van der Waals surface area contributed by atoms with Crippen LogP contribution in [0, 0.1) is 6.92 Å². The quantitative estimate of drug-likeness (QED) is 0.769. The summed E-state index contributed by atoms with van der Waals surface area (Å²) in [5, 5.41) is 22.3. The van der Waals surface area contributed by atoms with Gasteiger partial charge in [-0.2, -0.15) is 5.10 Å². The van der Waals surface area contributed by atoms with Gasteiger partial charge in [0, 0.05) is 12.1 Å². The van der Waals surface area contributed by atoms with Crippen molar-refractivity contribution in [3.05, 3.63) is 34.3 Å². The molecule has 7 heteroatoms. The summed E-state index contributed by atoms with van der Waals surface area (Å²) in [6.45, 7) is 2.64. The van der Waals surface area contributed by atoms with Crippen LogP contribution < -0.4 is 5.32 Å². The highest BCUT2D eigenvalue weighted by Crippen LogP contribution is 2.26. The third-order valence-electron chi connectivity index (χ3n) is 2.44. The Balaban J connectivity index is 1.76. The number of aromatic nitrogens is 4. The van der Waals surface area contributed by atoms with Crippen molar-refractivity contribution in [3.8, 4) is 10.6 Å². The molecule has 92 valence electrons. The Morgan fingerprint density at radius 3 is 3.06 bits per heavy atom. The maximum Gasteiger partial charge on any atom is 0.205 e. The average Bonchev–Trinajstić information content (AvgIpc) is 3.07. The lowest BCUT2D eigenvalue weighted by molar-refractivity contribution is 1.03. The number of nitrogens with one attached hydrogen (secondary N) is 2. The number of aromatic amines is 1. The fourth-order valence-corrected chi connectivity index (χ4v) is 2.96. The van der Waals surface area contributed by atoms with E-state index in [1.807, 2.05) is 19.2 Å². The lowest BCUT2D eigenvalue weighted by atomic mass is 10.2. The first-order valence-electron chi connectivity index (χ1n) is 5.43. The van der Waals surface area contributed by atoms with Gasteiger partial charge in [0.15, 0.2) is 0 Å². The lowest BCUT2D eigenvalue weighted by Crippen LogP contribution is -1.99. The molecule has 3 heterocycles. The molecule has 0 aliphatic heterocycles. The van der Waals surface area contributed by atoms with E-state index in [1.165, 1.54) is 4.88 Å². The Labute approximate surface area is 112 Å². The van der Waals surface area contributed by atoms with E-state index in [9.17, 15) is 0 Å². The van der Waals surface area contributed by atoms with E-state index >= 15 is 0 Å². The van der Waals surface area contributed by atoms with Gasteiger partial charge in [-0.05, 0) is 18.4 Å². The highest BCUT2D eigenvalue weighted by atomic mass is 32.1. The predicted molar refractivity (Wildman–Crippen MR) is 73.9 cm³/mol. The van der Waals surface area contributed by atoms with Crippen molar-refractivity contribution in [2.24, 2.45) is 0 Å². The van der Waals surface area contributed by atoms with Crippen molar-refractivity contribution in [2.75, 3.05) is 5.32 Å². The topological polar surface area (TPSA) is 66.5 Å². The summed E-state index contributed by atoms with van der Waals surface area (Å²) >= 11 is 3.25. The molecule has 0 saturated heterocycles. The first-order chi connectivity index (χ1) is 8.83. The average molecular weight is 277 g/mol. The zero-order valence-electron chi connectivity index (χ0n) is 9.67. The number of nitrogens with zero attached hydrogens (tertiary/aromatic N) is 3. The number of thiophene rings is 1. The van der Waals surface area contributed by atoms with Gasteiger partial charge >= 0.3 is 0 Å². The third kappa shape index (κ3) is 2.27. The van der Waals surface area contributed by atoms with Crippen LogP contribution in [0.25, 0.3) is 10.6 Å². The fraction of sp³-hybridized carbons (Fsp3) is 0.182. The van der Waals surface area contributed by atoms with Gasteiger partial charge in [-0.15, -0.1) is 21.5 Å². The molecule has 0 radical (unpaired) electrons. The van der Waals surface area contributed by atoms with Crippen LogP contribution in [0.4, 0.5) is 5.13 Å². The Hall–Kier alpha value is -1.73. The second-order valence-corrected chi connectivity index (χ2v) is 5.86. The van der Waals surface area contributed by atoms with Crippen LogP contribution in [0.3, 0.4) is 0 Å². The molecule has 3 aromatic rings. The molecule has 0 fully saturated rings. The van der Waals surface area contributed by atoms with Gasteiger partial charge in [-0.1, -0.05) is 17.4 Å². The number of rotatable bonds is 4. The van der Waals surface area contributed by atoms with Gasteiger partial charge in [-0.3, -0.25) is 5.10 Å². The van der Waals surface area contributed by atoms with Gasteiger partial charge in [0.2, 0.25) is 5.13 Å². The summed E-state index contributed by atoms with van der Waals surface area (Å²) in [4.78, 5) is 1.19. The monoisotopic (exact) mass is 277 g/mol. The largest absolute Gasteiger partial charge is 0.356 e. The highest BCUT2D eigenvalue weighted by Gasteiger charge is 2.09. The Kier molecular flexibility index (Phi) is 3.07. The Morgan fingerprint density at radius 1 is 1.39 bits per heavy atom. The van der Waals surface area contributed by atoms with E-state index in [4.69, 9.17) is 0 Å². The maximum atomic E-state index is 4.10. The van der Waals surface area contributed by atoms with Crippen LogP contribution in [0.15, 0.2) is 23.7 Å². The molecule has 0 aromatic carbocycles. The molecular weight excluding hydrogens is 266 g/mol. The number of anilines is 1. The summed E-state index contributed by atoms with van der Waals surface area (Å²) < 4.78 is 0. The molecule has 0 bridgehead atoms. The van der Waals surface area contributed by atoms with Crippen LogP contribution in [0.1, 0.15) is 10.6 Å². The lowest BCUT2D eigenvalue weighted by Gasteiger charge is -2.01. The van der Waals surface area contributed by atoms with Gasteiger partial charge in [0.05, 0.1) is 16.8 Å². The number of aryl methyl sites for hydroxylation is 1. The summed E-state index contributed by atoms with van der Waals surface area (Å²) in [5.41, 5.74) is 2.20. The second-order valence-electron chi connectivity index (χ2n) is 3.73. The number of hydrogen-bond acceptors (Lipinski definition) is 6. The van der Waals surface area contributed by atoms with Crippen molar-refractivity contribution in [3.63, 3.8) is 0 Å². The third-order valence-corrected chi connectivity index (χ3v) is 4.13. The molecule has 0 unspecified atom stereocenters. The molecule has 3 aromatic heterocycles. The molecule has 2 N–H and O–H groups in total. The molecular formula is C11H11N5S2.